The summed E-state index contributed by atoms with van der Waals surface area (Å²) in [5.41, 5.74) is 0. The summed E-state index contributed by atoms with van der Waals surface area (Å²) in [4.78, 5) is 11.3. The smallest absolute Gasteiger partial charge is 0.164 e. The van der Waals surface area contributed by atoms with Gasteiger partial charge in [-0.2, -0.15) is 0 Å². The average Bonchev–Trinajstić information content (AvgIpc) is 2.25. The lowest BCUT2D eigenvalue weighted by molar-refractivity contribution is -0.225. The Labute approximate surface area is 87.1 Å². The predicted octanol–water partition coefficient (Wildman–Crippen LogP) is -2.19. The van der Waals surface area contributed by atoms with Crippen molar-refractivity contribution < 1.29 is 30.0 Å². The topological polar surface area (TPSA) is 107 Å². The number of Topliss-reactive ketones (excluding diaryl/α,β-unsaturated/α-hetero) is 1. The zero-order valence-corrected chi connectivity index (χ0v) is 8.41. The largest absolute Gasteiger partial charge is 0.394 e. The Bertz CT molecular complexity index is 229. The second kappa shape index (κ2) is 5.00. The molecule has 0 spiro atoms. The Kier molecular flexibility index (Phi) is 4.18. The first-order valence-corrected chi connectivity index (χ1v) is 4.86. The van der Waals surface area contributed by atoms with Crippen molar-refractivity contribution in [2.24, 2.45) is 0 Å². The monoisotopic (exact) mass is 220 g/mol. The summed E-state index contributed by atoms with van der Waals surface area (Å²) < 4.78 is 5.02. The average molecular weight is 220 g/mol. The third-order valence-electron chi connectivity index (χ3n) is 2.56. The first-order chi connectivity index (χ1) is 7.02. The number of aliphatic hydroxyl groups excluding tert-OH is 4. The van der Waals surface area contributed by atoms with Crippen molar-refractivity contribution in [3.05, 3.63) is 0 Å². The van der Waals surface area contributed by atoms with E-state index in [1.165, 1.54) is 0 Å². The lowest BCUT2D eigenvalue weighted by atomic mass is 9.92. The van der Waals surface area contributed by atoms with E-state index in [9.17, 15) is 20.1 Å². The van der Waals surface area contributed by atoms with Crippen molar-refractivity contribution in [2.45, 2.75) is 43.9 Å². The van der Waals surface area contributed by atoms with E-state index in [4.69, 9.17) is 9.84 Å². The summed E-state index contributed by atoms with van der Waals surface area (Å²) in [7, 11) is 0. The lowest BCUT2D eigenvalue weighted by Crippen LogP contribution is -2.60. The van der Waals surface area contributed by atoms with Crippen LogP contribution in [0.1, 0.15) is 13.3 Å². The highest BCUT2D eigenvalue weighted by atomic mass is 16.5. The van der Waals surface area contributed by atoms with E-state index < -0.39 is 37.1 Å². The molecule has 0 aliphatic carbocycles. The molecule has 1 aliphatic heterocycles. The predicted molar refractivity (Wildman–Crippen MR) is 49.1 cm³/mol. The van der Waals surface area contributed by atoms with Crippen LogP contribution in [0.4, 0.5) is 0 Å². The molecule has 6 nitrogen and oxygen atoms in total. The molecule has 0 aromatic carbocycles. The number of carbonyl (C=O) groups is 1. The molecule has 88 valence electrons. The van der Waals surface area contributed by atoms with Gasteiger partial charge in [-0.3, -0.25) is 4.79 Å². The Balaban J connectivity index is 2.78. The van der Waals surface area contributed by atoms with E-state index in [-0.39, 0.29) is 12.2 Å². The quantitative estimate of drug-likeness (QED) is 0.430. The fourth-order valence-corrected chi connectivity index (χ4v) is 1.57. The van der Waals surface area contributed by atoms with Crippen LogP contribution < -0.4 is 0 Å². The van der Waals surface area contributed by atoms with E-state index in [2.05, 4.69) is 0 Å². The van der Waals surface area contributed by atoms with Crippen molar-refractivity contribution in [3.63, 3.8) is 0 Å². The van der Waals surface area contributed by atoms with Gasteiger partial charge in [0.05, 0.1) is 6.61 Å². The zero-order valence-electron chi connectivity index (χ0n) is 8.41. The van der Waals surface area contributed by atoms with Crippen molar-refractivity contribution in [1.82, 2.24) is 0 Å². The van der Waals surface area contributed by atoms with Gasteiger partial charge in [-0.05, 0) is 0 Å². The molecule has 4 N–H and O–H groups in total. The SMILES string of the molecule is CCC(=O)C1O[C@H](CO)[C@H](O)[C@H](O)[C@H]1O. The summed E-state index contributed by atoms with van der Waals surface area (Å²) in [6.45, 7) is 1.09. The maximum absolute atomic E-state index is 11.3. The van der Waals surface area contributed by atoms with E-state index in [0.717, 1.165) is 0 Å². The van der Waals surface area contributed by atoms with Gasteiger partial charge in [0.1, 0.15) is 30.5 Å². The summed E-state index contributed by atoms with van der Waals surface area (Å²) in [6, 6.07) is 0. The highest BCUT2D eigenvalue weighted by molar-refractivity contribution is 5.83. The Morgan fingerprint density at radius 1 is 1.20 bits per heavy atom. The maximum atomic E-state index is 11.3. The first-order valence-electron chi connectivity index (χ1n) is 4.86. The van der Waals surface area contributed by atoms with Crippen molar-refractivity contribution >= 4 is 5.78 Å². The van der Waals surface area contributed by atoms with Gasteiger partial charge < -0.3 is 25.2 Å². The fraction of sp³-hybridized carbons (Fsp3) is 0.889. The molecule has 0 bridgehead atoms. The molecule has 0 aromatic rings. The minimum absolute atomic E-state index is 0.155. The normalized spacial score (nSPS) is 41.5. The van der Waals surface area contributed by atoms with Gasteiger partial charge >= 0.3 is 0 Å². The van der Waals surface area contributed by atoms with Gasteiger partial charge in [-0.1, -0.05) is 6.92 Å². The molecule has 0 amide bonds. The molecule has 1 aliphatic rings. The van der Waals surface area contributed by atoms with Crippen LogP contribution in [0.3, 0.4) is 0 Å². The van der Waals surface area contributed by atoms with Crippen molar-refractivity contribution in [1.29, 1.82) is 0 Å². The molecule has 1 saturated heterocycles. The first kappa shape index (κ1) is 12.5. The lowest BCUT2D eigenvalue weighted by Gasteiger charge is -2.39. The molecule has 5 atom stereocenters. The van der Waals surface area contributed by atoms with Crippen LogP contribution >= 0.6 is 0 Å². The summed E-state index contributed by atoms with van der Waals surface area (Å²) >= 11 is 0. The molecule has 0 radical (unpaired) electrons. The molecule has 1 unspecified atom stereocenters. The zero-order chi connectivity index (χ0) is 11.6. The number of aliphatic hydroxyl groups is 4. The van der Waals surface area contributed by atoms with Crippen LogP contribution in [0.25, 0.3) is 0 Å². The van der Waals surface area contributed by atoms with E-state index >= 15 is 0 Å². The highest BCUT2D eigenvalue weighted by Gasteiger charge is 2.45. The van der Waals surface area contributed by atoms with Gasteiger partial charge in [0, 0.05) is 6.42 Å². The molecule has 1 fully saturated rings. The Hall–Kier alpha value is -0.530. The van der Waals surface area contributed by atoms with Gasteiger partial charge in [-0.25, -0.2) is 0 Å². The molecular formula is C9H16O6. The maximum Gasteiger partial charge on any atom is 0.164 e. The van der Waals surface area contributed by atoms with Gasteiger partial charge in [0.25, 0.3) is 0 Å². The fourth-order valence-electron chi connectivity index (χ4n) is 1.57. The minimum atomic E-state index is -1.48. The molecule has 1 rings (SSSR count). The number of carbonyl (C=O) groups excluding carboxylic acids is 1. The van der Waals surface area contributed by atoms with Crippen LogP contribution in [-0.4, -0.2) is 63.3 Å². The van der Waals surface area contributed by atoms with E-state index in [1.807, 2.05) is 0 Å². The molecule has 0 aromatic heterocycles. The standard InChI is InChI=1S/C9H16O6/c1-2-4(11)9-8(14)7(13)6(12)5(3-10)15-9/h5-10,12-14H,2-3H2,1H3/t5-,6+,7+,8-,9?/m1/s1. The minimum Gasteiger partial charge on any atom is -0.394 e. The van der Waals surface area contributed by atoms with Gasteiger partial charge in [0.2, 0.25) is 0 Å². The van der Waals surface area contributed by atoms with Crippen LogP contribution in [0, 0.1) is 0 Å². The number of rotatable bonds is 3. The van der Waals surface area contributed by atoms with Crippen molar-refractivity contribution in [3.8, 4) is 0 Å². The molecule has 15 heavy (non-hydrogen) atoms. The second-order valence-corrected chi connectivity index (χ2v) is 3.57. The molecule has 6 heteroatoms. The van der Waals surface area contributed by atoms with Crippen LogP contribution in [0.5, 0.6) is 0 Å². The number of hydrogen-bond donors (Lipinski definition) is 4. The van der Waals surface area contributed by atoms with Gasteiger partial charge in [0.15, 0.2) is 5.78 Å². The van der Waals surface area contributed by atoms with Crippen molar-refractivity contribution in [2.75, 3.05) is 6.61 Å². The molecule has 0 saturated carbocycles. The summed E-state index contributed by atoms with van der Waals surface area (Å²) in [5, 5.41) is 37.1. The third-order valence-corrected chi connectivity index (χ3v) is 2.56. The molecular weight excluding hydrogens is 204 g/mol. The highest BCUT2D eigenvalue weighted by Crippen LogP contribution is 2.22. The van der Waals surface area contributed by atoms with Crippen LogP contribution in [0.2, 0.25) is 0 Å². The molecule has 1 heterocycles. The van der Waals surface area contributed by atoms with E-state index in [1.54, 1.807) is 6.92 Å². The second-order valence-electron chi connectivity index (χ2n) is 3.57. The number of hydrogen-bond acceptors (Lipinski definition) is 6. The van der Waals surface area contributed by atoms with E-state index in [0.29, 0.717) is 0 Å². The summed E-state index contributed by atoms with van der Waals surface area (Å²) in [5.74, 6) is -0.369. The van der Waals surface area contributed by atoms with Gasteiger partial charge in [-0.15, -0.1) is 0 Å². The third kappa shape index (κ3) is 2.35. The van der Waals surface area contributed by atoms with Crippen LogP contribution in [0.15, 0.2) is 0 Å². The Morgan fingerprint density at radius 2 is 1.80 bits per heavy atom. The Morgan fingerprint density at radius 3 is 2.27 bits per heavy atom. The number of ketones is 1. The number of ether oxygens (including phenoxy) is 1. The van der Waals surface area contributed by atoms with Crippen LogP contribution in [-0.2, 0) is 9.53 Å². The summed E-state index contributed by atoms with van der Waals surface area (Å²) in [6.07, 6.45) is -6.37.